The maximum Gasteiger partial charge on any atom is 0.119 e. The maximum absolute atomic E-state index is 5.90. The summed E-state index contributed by atoms with van der Waals surface area (Å²) in [6, 6.07) is 21.9. The topological polar surface area (TPSA) is 22.1 Å². The van der Waals surface area contributed by atoms with Crippen LogP contribution >= 0.6 is 0 Å². The Morgan fingerprint density at radius 3 is 1.82 bits per heavy atom. The van der Waals surface area contributed by atoms with Crippen LogP contribution in [0, 0.1) is 0 Å². The molecule has 0 spiro atoms. The molecule has 2 nitrogen and oxygen atoms in total. The summed E-state index contributed by atoms with van der Waals surface area (Å²) in [5, 5.41) is 0. The molecular formula is C32H43NO. The van der Waals surface area contributed by atoms with E-state index in [-0.39, 0.29) is 0 Å². The molecule has 0 N–H and O–H groups in total. The largest absolute Gasteiger partial charge is 0.494 e. The number of benzene rings is 2. The Bertz CT molecular complexity index is 913. The van der Waals surface area contributed by atoms with Crippen molar-refractivity contribution in [2.75, 3.05) is 6.61 Å². The minimum Gasteiger partial charge on any atom is -0.494 e. The van der Waals surface area contributed by atoms with Gasteiger partial charge in [-0.1, -0.05) is 101 Å². The van der Waals surface area contributed by atoms with Crippen molar-refractivity contribution in [1.82, 2.24) is 4.98 Å². The second kappa shape index (κ2) is 15.3. The van der Waals surface area contributed by atoms with Gasteiger partial charge in [-0.2, -0.15) is 0 Å². The average Bonchev–Trinajstić information content (AvgIpc) is 2.89. The SMILES string of the molecule is CCCCCCCOc1ccc(-c2ccc(CCc3ccc(CCCCCC)cn3)cc2)cc1. The van der Waals surface area contributed by atoms with Gasteiger partial charge >= 0.3 is 0 Å². The lowest BCUT2D eigenvalue weighted by Crippen LogP contribution is -1.97. The summed E-state index contributed by atoms with van der Waals surface area (Å²) >= 11 is 0. The Hall–Kier alpha value is -2.61. The fourth-order valence-electron chi connectivity index (χ4n) is 4.28. The minimum atomic E-state index is 0.814. The third kappa shape index (κ3) is 9.33. The lowest BCUT2D eigenvalue weighted by molar-refractivity contribution is 0.304. The van der Waals surface area contributed by atoms with E-state index in [0.717, 1.165) is 38.0 Å². The molecule has 0 amide bonds. The fraction of sp³-hybridized carbons (Fsp3) is 0.469. The van der Waals surface area contributed by atoms with E-state index < -0.39 is 0 Å². The summed E-state index contributed by atoms with van der Waals surface area (Å²) in [4.78, 5) is 4.69. The molecule has 0 fully saturated rings. The zero-order chi connectivity index (χ0) is 23.8. The van der Waals surface area contributed by atoms with Gasteiger partial charge in [-0.05, 0) is 72.6 Å². The van der Waals surface area contributed by atoms with E-state index in [1.807, 2.05) is 0 Å². The normalized spacial score (nSPS) is 11.0. The van der Waals surface area contributed by atoms with Gasteiger partial charge in [0.1, 0.15) is 5.75 Å². The molecule has 0 saturated heterocycles. The van der Waals surface area contributed by atoms with Crippen LogP contribution in [0.3, 0.4) is 0 Å². The van der Waals surface area contributed by atoms with E-state index in [1.165, 1.54) is 79.3 Å². The molecule has 3 aromatic rings. The van der Waals surface area contributed by atoms with Crippen molar-refractivity contribution in [3.05, 3.63) is 83.7 Å². The molecule has 0 aliphatic rings. The van der Waals surface area contributed by atoms with Gasteiger partial charge in [-0.15, -0.1) is 0 Å². The third-order valence-corrected chi connectivity index (χ3v) is 6.53. The van der Waals surface area contributed by atoms with Crippen LogP contribution in [0.4, 0.5) is 0 Å². The van der Waals surface area contributed by atoms with Crippen molar-refractivity contribution in [2.45, 2.75) is 90.9 Å². The summed E-state index contributed by atoms with van der Waals surface area (Å²) in [5.74, 6) is 0.968. The van der Waals surface area contributed by atoms with Gasteiger partial charge in [0.05, 0.1) is 6.61 Å². The first-order valence-electron chi connectivity index (χ1n) is 13.5. The van der Waals surface area contributed by atoms with E-state index in [0.29, 0.717) is 0 Å². The zero-order valence-electron chi connectivity index (χ0n) is 21.4. The molecule has 0 aliphatic carbocycles. The van der Waals surface area contributed by atoms with Crippen LogP contribution < -0.4 is 4.74 Å². The first-order chi connectivity index (χ1) is 16.8. The average molecular weight is 458 g/mol. The molecule has 0 radical (unpaired) electrons. The molecule has 182 valence electrons. The van der Waals surface area contributed by atoms with Crippen LogP contribution in [0.15, 0.2) is 66.9 Å². The van der Waals surface area contributed by atoms with Gasteiger partial charge in [0, 0.05) is 11.9 Å². The van der Waals surface area contributed by atoms with Crippen LogP contribution in [0.25, 0.3) is 11.1 Å². The molecule has 2 aromatic carbocycles. The maximum atomic E-state index is 5.90. The first kappa shape index (κ1) is 26.0. The van der Waals surface area contributed by atoms with Crippen molar-refractivity contribution < 1.29 is 4.74 Å². The van der Waals surface area contributed by atoms with Crippen molar-refractivity contribution in [1.29, 1.82) is 0 Å². The highest BCUT2D eigenvalue weighted by Crippen LogP contribution is 2.23. The predicted octanol–water partition coefficient (Wildman–Crippen LogP) is 9.01. The monoisotopic (exact) mass is 457 g/mol. The van der Waals surface area contributed by atoms with Crippen molar-refractivity contribution >= 4 is 0 Å². The number of hydrogen-bond acceptors (Lipinski definition) is 2. The van der Waals surface area contributed by atoms with E-state index in [1.54, 1.807) is 0 Å². The molecular weight excluding hydrogens is 414 g/mol. The number of ether oxygens (including phenoxy) is 1. The summed E-state index contributed by atoms with van der Waals surface area (Å²) in [6.45, 7) is 5.32. The lowest BCUT2D eigenvalue weighted by Gasteiger charge is -2.08. The van der Waals surface area contributed by atoms with Crippen LogP contribution in [0.1, 0.15) is 88.5 Å². The summed E-state index contributed by atoms with van der Waals surface area (Å²) < 4.78 is 5.90. The van der Waals surface area contributed by atoms with E-state index in [2.05, 4.69) is 80.7 Å². The number of pyridine rings is 1. The summed E-state index contributed by atoms with van der Waals surface area (Å²) in [5.41, 5.74) is 6.39. The van der Waals surface area contributed by atoms with Crippen LogP contribution in [-0.4, -0.2) is 11.6 Å². The Morgan fingerprint density at radius 2 is 1.18 bits per heavy atom. The Balaban J connectivity index is 1.41. The molecule has 34 heavy (non-hydrogen) atoms. The number of aromatic nitrogens is 1. The van der Waals surface area contributed by atoms with Crippen LogP contribution in [0.5, 0.6) is 5.75 Å². The zero-order valence-corrected chi connectivity index (χ0v) is 21.4. The van der Waals surface area contributed by atoms with Crippen molar-refractivity contribution in [3.63, 3.8) is 0 Å². The molecule has 0 atom stereocenters. The summed E-state index contributed by atoms with van der Waals surface area (Å²) in [6.07, 6.45) is 16.8. The number of unbranched alkanes of at least 4 members (excludes halogenated alkanes) is 7. The number of aryl methyl sites for hydroxylation is 3. The van der Waals surface area contributed by atoms with E-state index in [4.69, 9.17) is 9.72 Å². The van der Waals surface area contributed by atoms with Gasteiger partial charge < -0.3 is 4.74 Å². The van der Waals surface area contributed by atoms with Gasteiger partial charge in [0.25, 0.3) is 0 Å². The van der Waals surface area contributed by atoms with Crippen LogP contribution in [-0.2, 0) is 19.3 Å². The highest BCUT2D eigenvalue weighted by Gasteiger charge is 2.02. The first-order valence-corrected chi connectivity index (χ1v) is 13.5. The van der Waals surface area contributed by atoms with E-state index in [9.17, 15) is 0 Å². The van der Waals surface area contributed by atoms with Gasteiger partial charge in [0.15, 0.2) is 0 Å². The van der Waals surface area contributed by atoms with Crippen molar-refractivity contribution in [3.8, 4) is 16.9 Å². The molecule has 0 saturated carbocycles. The standard InChI is InChI=1S/C32H43NO/c1-3-5-7-9-11-25-34-32-23-19-30(20-24-32)29-17-13-27(14-18-29)15-21-31-22-16-28(26-33-31)12-10-8-6-4-2/h13-14,16-20,22-24,26H,3-12,15,21,25H2,1-2H3. The number of hydrogen-bond donors (Lipinski definition) is 0. The second-order valence-corrected chi connectivity index (χ2v) is 9.45. The van der Waals surface area contributed by atoms with Gasteiger partial charge in [0.2, 0.25) is 0 Å². The second-order valence-electron chi connectivity index (χ2n) is 9.45. The third-order valence-electron chi connectivity index (χ3n) is 6.53. The molecule has 0 aliphatic heterocycles. The summed E-state index contributed by atoms with van der Waals surface area (Å²) in [7, 11) is 0. The van der Waals surface area contributed by atoms with Gasteiger partial charge in [-0.3, -0.25) is 4.98 Å². The molecule has 0 unspecified atom stereocenters. The minimum absolute atomic E-state index is 0.814. The Labute approximate surface area is 207 Å². The lowest BCUT2D eigenvalue weighted by atomic mass is 10.0. The molecule has 1 aromatic heterocycles. The predicted molar refractivity (Wildman–Crippen MR) is 146 cm³/mol. The molecule has 3 rings (SSSR count). The number of nitrogens with zero attached hydrogens (tertiary/aromatic N) is 1. The van der Waals surface area contributed by atoms with Crippen LogP contribution in [0.2, 0.25) is 0 Å². The molecule has 2 heteroatoms. The van der Waals surface area contributed by atoms with Crippen molar-refractivity contribution in [2.24, 2.45) is 0 Å². The molecule has 0 bridgehead atoms. The smallest absolute Gasteiger partial charge is 0.119 e. The Kier molecular flexibility index (Phi) is 11.7. The Morgan fingerprint density at radius 1 is 0.559 bits per heavy atom. The quantitative estimate of drug-likeness (QED) is 0.200. The molecule has 1 heterocycles. The highest BCUT2D eigenvalue weighted by atomic mass is 16.5. The van der Waals surface area contributed by atoms with E-state index >= 15 is 0 Å². The fourth-order valence-corrected chi connectivity index (χ4v) is 4.28. The number of rotatable bonds is 16. The van der Waals surface area contributed by atoms with Gasteiger partial charge in [-0.25, -0.2) is 0 Å². The highest BCUT2D eigenvalue weighted by molar-refractivity contribution is 5.64.